The molecule has 0 fully saturated rings. The smallest absolute Gasteiger partial charge is 0.337 e. The molecule has 30 heavy (non-hydrogen) atoms. The molecule has 0 aliphatic carbocycles. The number of nitrogens with one attached hydrogen (secondary N) is 1. The van der Waals surface area contributed by atoms with E-state index in [-0.39, 0.29) is 13.3 Å². The van der Waals surface area contributed by atoms with E-state index in [1.807, 2.05) is 6.07 Å². The van der Waals surface area contributed by atoms with Crippen LogP contribution in [0, 0.1) is 0 Å². The zero-order valence-corrected chi connectivity index (χ0v) is 16.5. The molecule has 1 aliphatic rings. The molecule has 1 amide bonds. The van der Waals surface area contributed by atoms with Crippen LogP contribution < -0.4 is 14.8 Å². The van der Waals surface area contributed by atoms with Crippen LogP contribution in [0.5, 0.6) is 11.5 Å². The average Bonchev–Trinajstić information content (AvgIpc) is 3.23. The van der Waals surface area contributed by atoms with Gasteiger partial charge in [0, 0.05) is 12.6 Å². The molecule has 2 aromatic rings. The molecule has 0 saturated heterocycles. The first-order chi connectivity index (χ1) is 14.5. The van der Waals surface area contributed by atoms with Gasteiger partial charge in [-0.15, -0.1) is 0 Å². The number of esters is 2. The summed E-state index contributed by atoms with van der Waals surface area (Å²) in [7, 11) is 1.30. The number of fused-ring (bicyclic) bond motifs is 1. The number of hydrogen-bond donors (Lipinski definition) is 1. The molecule has 1 N–H and O–H groups in total. The van der Waals surface area contributed by atoms with Crippen LogP contribution in [-0.2, 0) is 25.6 Å². The van der Waals surface area contributed by atoms with Crippen molar-refractivity contribution in [3.8, 4) is 11.5 Å². The molecule has 0 saturated carbocycles. The Morgan fingerprint density at radius 1 is 1.10 bits per heavy atom. The Balaban J connectivity index is 1.46. The fourth-order valence-corrected chi connectivity index (χ4v) is 2.66. The Hall–Kier alpha value is -3.81. The Kier molecular flexibility index (Phi) is 6.69. The van der Waals surface area contributed by atoms with Gasteiger partial charge < -0.3 is 24.3 Å². The van der Waals surface area contributed by atoms with E-state index in [4.69, 9.17) is 14.2 Å². The lowest BCUT2D eigenvalue weighted by Gasteiger charge is -2.12. The highest BCUT2D eigenvalue weighted by atomic mass is 16.7. The summed E-state index contributed by atoms with van der Waals surface area (Å²) in [6.45, 7) is 1.94. The number of methoxy groups -OCH3 is 1. The normalized spacial score (nSPS) is 13.0. The van der Waals surface area contributed by atoms with Crippen LogP contribution in [0.2, 0.25) is 0 Å². The number of carbonyl (C=O) groups is 3. The van der Waals surface area contributed by atoms with E-state index in [0.29, 0.717) is 22.6 Å². The summed E-state index contributed by atoms with van der Waals surface area (Å²) in [4.78, 5) is 35.5. The highest BCUT2D eigenvalue weighted by Crippen LogP contribution is 2.32. The van der Waals surface area contributed by atoms with Crippen LogP contribution in [0.15, 0.2) is 48.5 Å². The van der Waals surface area contributed by atoms with Crippen molar-refractivity contribution in [3.63, 3.8) is 0 Å². The Bertz CT molecular complexity index is 966. The van der Waals surface area contributed by atoms with Gasteiger partial charge in [0.25, 0.3) is 5.91 Å². The lowest BCUT2D eigenvalue weighted by molar-refractivity contribution is -0.150. The minimum absolute atomic E-state index is 0.182. The quantitative estimate of drug-likeness (QED) is 0.552. The van der Waals surface area contributed by atoms with Gasteiger partial charge in [0.05, 0.1) is 12.7 Å². The number of hydrogen-bond acceptors (Lipinski definition) is 7. The third-order valence-electron chi connectivity index (χ3n) is 4.31. The molecule has 0 aromatic heterocycles. The minimum atomic E-state index is -0.960. The molecule has 1 atom stereocenters. The van der Waals surface area contributed by atoms with E-state index >= 15 is 0 Å². The third-order valence-corrected chi connectivity index (χ3v) is 4.31. The largest absolute Gasteiger partial charge is 0.465 e. The fraction of sp³-hybridized carbons (Fsp3) is 0.227. The first-order valence-electron chi connectivity index (χ1n) is 9.19. The van der Waals surface area contributed by atoms with Crippen LogP contribution in [0.3, 0.4) is 0 Å². The second-order valence-corrected chi connectivity index (χ2v) is 6.43. The molecule has 0 unspecified atom stereocenters. The second-order valence-electron chi connectivity index (χ2n) is 6.43. The van der Waals surface area contributed by atoms with Gasteiger partial charge in [-0.1, -0.05) is 18.2 Å². The standard InChI is InChI=1S/C22H21NO7/c1-14(21(25)23-12-16-5-9-18-19(11-16)29-13-28-18)30-20(24)10-6-15-3-7-17(8-4-15)22(26)27-2/h3-11,14H,12-13H2,1-2H3,(H,23,25)/b10-6+/t14-/m0/s1. The maximum absolute atomic E-state index is 12.2. The molecule has 8 heteroatoms. The summed E-state index contributed by atoms with van der Waals surface area (Å²) in [5.41, 5.74) is 1.94. The number of rotatable bonds is 7. The van der Waals surface area contributed by atoms with E-state index in [9.17, 15) is 14.4 Å². The number of benzene rings is 2. The molecule has 156 valence electrons. The van der Waals surface area contributed by atoms with Gasteiger partial charge in [-0.2, -0.15) is 0 Å². The van der Waals surface area contributed by atoms with Gasteiger partial charge in [-0.25, -0.2) is 9.59 Å². The topological polar surface area (TPSA) is 100 Å². The molecule has 0 spiro atoms. The van der Waals surface area contributed by atoms with Gasteiger partial charge in [-0.05, 0) is 48.4 Å². The van der Waals surface area contributed by atoms with Crippen LogP contribution in [-0.4, -0.2) is 37.9 Å². The Morgan fingerprint density at radius 3 is 2.57 bits per heavy atom. The molecular weight excluding hydrogens is 390 g/mol. The zero-order valence-electron chi connectivity index (χ0n) is 16.5. The van der Waals surface area contributed by atoms with Crippen molar-refractivity contribution in [1.29, 1.82) is 0 Å². The van der Waals surface area contributed by atoms with Crippen molar-refractivity contribution < 1.29 is 33.3 Å². The minimum Gasteiger partial charge on any atom is -0.465 e. The van der Waals surface area contributed by atoms with E-state index < -0.39 is 23.9 Å². The second kappa shape index (κ2) is 9.60. The molecule has 0 bridgehead atoms. The zero-order chi connectivity index (χ0) is 21.5. The van der Waals surface area contributed by atoms with Crippen LogP contribution in [0.4, 0.5) is 0 Å². The molecule has 1 heterocycles. The SMILES string of the molecule is COC(=O)c1ccc(/C=C/C(=O)O[C@@H](C)C(=O)NCc2ccc3c(c2)OCO3)cc1. The monoisotopic (exact) mass is 411 g/mol. The summed E-state index contributed by atoms with van der Waals surface area (Å²) in [5, 5.41) is 2.71. The van der Waals surface area contributed by atoms with Crippen LogP contribution in [0.1, 0.15) is 28.4 Å². The summed E-state index contributed by atoms with van der Waals surface area (Å²) < 4.78 is 20.3. The van der Waals surface area contributed by atoms with Crippen LogP contribution in [0.25, 0.3) is 6.08 Å². The highest BCUT2D eigenvalue weighted by molar-refractivity contribution is 5.91. The summed E-state index contributed by atoms with van der Waals surface area (Å²) >= 11 is 0. The predicted octanol–water partition coefficient (Wildman–Crippen LogP) is 2.46. The fourth-order valence-electron chi connectivity index (χ4n) is 2.66. The molecule has 3 rings (SSSR count). The average molecular weight is 411 g/mol. The lowest BCUT2D eigenvalue weighted by Crippen LogP contribution is -2.35. The maximum Gasteiger partial charge on any atom is 0.337 e. The summed E-state index contributed by atoms with van der Waals surface area (Å²) in [5.74, 6) is -0.217. The van der Waals surface area contributed by atoms with Gasteiger partial charge >= 0.3 is 11.9 Å². The Labute approximate surface area is 173 Å². The van der Waals surface area contributed by atoms with E-state index in [2.05, 4.69) is 10.1 Å². The van der Waals surface area contributed by atoms with Crippen molar-refractivity contribution in [1.82, 2.24) is 5.32 Å². The maximum atomic E-state index is 12.2. The number of ether oxygens (including phenoxy) is 4. The molecule has 1 aliphatic heterocycles. The summed E-state index contributed by atoms with van der Waals surface area (Å²) in [6.07, 6.45) is 1.79. The van der Waals surface area contributed by atoms with Crippen molar-refractivity contribution in [3.05, 3.63) is 65.2 Å². The van der Waals surface area contributed by atoms with Gasteiger partial charge in [0.1, 0.15) is 0 Å². The molecule has 8 nitrogen and oxygen atoms in total. The van der Waals surface area contributed by atoms with Crippen molar-refractivity contribution >= 4 is 23.9 Å². The first-order valence-corrected chi connectivity index (χ1v) is 9.19. The van der Waals surface area contributed by atoms with E-state index in [1.165, 1.54) is 26.2 Å². The van der Waals surface area contributed by atoms with Gasteiger partial charge in [0.2, 0.25) is 6.79 Å². The first kappa shape index (κ1) is 20.9. The molecule has 2 aromatic carbocycles. The highest BCUT2D eigenvalue weighted by Gasteiger charge is 2.17. The Morgan fingerprint density at radius 2 is 1.83 bits per heavy atom. The van der Waals surface area contributed by atoms with Crippen molar-refractivity contribution in [2.45, 2.75) is 19.6 Å². The van der Waals surface area contributed by atoms with E-state index in [1.54, 1.807) is 36.4 Å². The van der Waals surface area contributed by atoms with E-state index in [0.717, 1.165) is 5.56 Å². The molecular formula is C22H21NO7. The van der Waals surface area contributed by atoms with Crippen LogP contribution >= 0.6 is 0 Å². The number of carbonyl (C=O) groups excluding carboxylic acids is 3. The number of amides is 1. The molecule has 0 radical (unpaired) electrons. The van der Waals surface area contributed by atoms with Gasteiger partial charge in [-0.3, -0.25) is 4.79 Å². The van der Waals surface area contributed by atoms with Crippen molar-refractivity contribution in [2.75, 3.05) is 13.9 Å². The predicted molar refractivity (Wildman–Crippen MR) is 107 cm³/mol. The van der Waals surface area contributed by atoms with Crippen molar-refractivity contribution in [2.24, 2.45) is 0 Å². The van der Waals surface area contributed by atoms with Gasteiger partial charge in [0.15, 0.2) is 17.6 Å². The summed E-state index contributed by atoms with van der Waals surface area (Å²) in [6, 6.07) is 11.9. The lowest BCUT2D eigenvalue weighted by atomic mass is 10.1. The third kappa shape index (κ3) is 5.38.